The molecule has 3 N–H and O–H groups in total. The van der Waals surface area contributed by atoms with Gasteiger partial charge in [0.1, 0.15) is 0 Å². The predicted molar refractivity (Wildman–Crippen MR) is 48.9 cm³/mol. The summed E-state index contributed by atoms with van der Waals surface area (Å²) in [6.07, 6.45) is -5.75. The molecule has 4 atom stereocenters. The highest BCUT2D eigenvalue weighted by Gasteiger charge is 2.44. The van der Waals surface area contributed by atoms with E-state index < -0.39 is 42.8 Å². The smallest absolute Gasteiger partial charge is 0.310 e. The number of carbonyl (C=O) groups is 1. The van der Waals surface area contributed by atoms with Gasteiger partial charge in [-0.05, 0) is 19.2 Å². The molecule has 2 heterocycles. The topological polar surface area (TPSA) is 69.6 Å². The Morgan fingerprint density at radius 3 is 2.85 bits per heavy atom. The summed E-state index contributed by atoms with van der Waals surface area (Å²) >= 11 is 0. The van der Waals surface area contributed by atoms with Crippen LogP contribution < -0.4 is 5.32 Å². The van der Waals surface area contributed by atoms with Crippen molar-refractivity contribution in [1.82, 2.24) is 5.32 Å². The van der Waals surface area contributed by atoms with Crippen molar-refractivity contribution in [3.05, 3.63) is 0 Å². The first-order valence-electron chi connectivity index (χ1n) is 5.86. The number of halogens is 1. The van der Waals surface area contributed by atoms with Crippen LogP contribution in [0.2, 0.25) is 0 Å². The van der Waals surface area contributed by atoms with Gasteiger partial charge in [-0.2, -0.15) is 0 Å². The summed E-state index contributed by atoms with van der Waals surface area (Å²) in [6.45, 7) is 0. The lowest BCUT2D eigenvalue weighted by atomic mass is 9.89. The fraction of sp³-hybridized carbons (Fsp3) is 0.875. The van der Waals surface area contributed by atoms with Crippen LogP contribution >= 0.6 is 12.4 Å². The maximum absolute atomic E-state index is 11.0. The Kier molecular flexibility index (Phi) is 1.83. The number of rotatable bonds is 1. The highest BCUT2D eigenvalue weighted by molar-refractivity contribution is 5.85. The number of hydrogen-bond donors (Lipinski definition) is 3. The average molecular weight is 212 g/mol. The highest BCUT2D eigenvalue weighted by atomic mass is 35.5. The monoisotopic (exact) mass is 211 g/mol. The Labute approximate surface area is 88.4 Å². The standard InChI is InChI=1S/C8H13NO3.ClH/c10-6-3-4-1-2-5(9-4)7(6)8(11)12;/h4-7,9-10H,1-3H2,(H,11,12);1H/t4-,5+,6-,7+;/m0./s1/i1D2,2D2;. The molecule has 4 nitrogen and oxygen atoms in total. The number of piperidine rings is 1. The van der Waals surface area contributed by atoms with Crippen molar-refractivity contribution in [3.8, 4) is 0 Å². The molecule has 0 saturated carbocycles. The van der Waals surface area contributed by atoms with Gasteiger partial charge < -0.3 is 15.5 Å². The summed E-state index contributed by atoms with van der Waals surface area (Å²) in [4.78, 5) is 11.0. The van der Waals surface area contributed by atoms with Crippen LogP contribution in [0.5, 0.6) is 0 Å². The summed E-state index contributed by atoms with van der Waals surface area (Å²) in [5, 5.41) is 21.2. The third-order valence-electron chi connectivity index (χ3n) is 2.33. The Bertz CT molecular complexity index is 341. The Morgan fingerprint density at radius 1 is 1.54 bits per heavy atom. The fourth-order valence-corrected chi connectivity index (χ4v) is 1.73. The number of aliphatic carboxylic acids is 1. The van der Waals surface area contributed by atoms with E-state index in [9.17, 15) is 9.90 Å². The molecular weight excluding hydrogens is 194 g/mol. The van der Waals surface area contributed by atoms with Crippen LogP contribution in [0.1, 0.15) is 24.6 Å². The summed E-state index contributed by atoms with van der Waals surface area (Å²) in [5.74, 6) is -2.60. The van der Waals surface area contributed by atoms with Gasteiger partial charge in [-0.25, -0.2) is 0 Å². The molecule has 0 amide bonds. The minimum atomic E-state index is -2.29. The van der Waals surface area contributed by atoms with Crippen molar-refractivity contribution in [2.75, 3.05) is 0 Å². The Hall–Kier alpha value is -0.320. The zero-order valence-electron chi connectivity index (χ0n) is 10.7. The van der Waals surface area contributed by atoms with E-state index in [2.05, 4.69) is 5.32 Å². The molecule has 0 radical (unpaired) electrons. The first kappa shape index (κ1) is 6.22. The molecule has 0 aromatic heterocycles. The second-order valence-corrected chi connectivity index (χ2v) is 3.15. The first-order valence-corrected chi connectivity index (χ1v) is 3.86. The van der Waals surface area contributed by atoms with Crippen molar-refractivity contribution in [2.24, 2.45) is 5.92 Å². The molecule has 2 rings (SSSR count). The van der Waals surface area contributed by atoms with E-state index in [1.54, 1.807) is 0 Å². The highest BCUT2D eigenvalue weighted by Crippen LogP contribution is 2.31. The Balaban J connectivity index is 0.00000144. The quantitative estimate of drug-likeness (QED) is 0.571. The van der Waals surface area contributed by atoms with Crippen LogP contribution in [0, 0.1) is 5.92 Å². The molecular formula is C8H14ClNO3. The molecule has 0 aromatic carbocycles. The maximum atomic E-state index is 11.0. The first-order chi connectivity index (χ1) is 7.19. The number of carboxylic acids is 1. The zero-order chi connectivity index (χ0) is 12.3. The van der Waals surface area contributed by atoms with Crippen LogP contribution in [0.25, 0.3) is 0 Å². The molecule has 0 aromatic rings. The number of hydrogen-bond acceptors (Lipinski definition) is 3. The molecule has 2 aliphatic heterocycles. The fourth-order valence-electron chi connectivity index (χ4n) is 1.73. The van der Waals surface area contributed by atoms with Crippen LogP contribution in [-0.4, -0.2) is 34.4 Å². The molecule has 13 heavy (non-hydrogen) atoms. The molecule has 5 heteroatoms. The van der Waals surface area contributed by atoms with Crippen LogP contribution in [0.4, 0.5) is 0 Å². The number of carboxylic acid groups (broad SMARTS) is 1. The number of aliphatic hydroxyl groups excluding tert-OH is 1. The van der Waals surface area contributed by atoms with Gasteiger partial charge in [0.25, 0.3) is 0 Å². The van der Waals surface area contributed by atoms with Gasteiger partial charge in [-0.3, -0.25) is 4.79 Å². The van der Waals surface area contributed by atoms with E-state index in [0.29, 0.717) is 0 Å². The van der Waals surface area contributed by atoms with Crippen molar-refractivity contribution >= 4 is 18.4 Å². The SMILES string of the molecule is Cl.[2H]C1([2H])[C@H]2C[C@H](O)[C@H](C(=O)O)[C@H](N2)C1([2H])[2H]. The van der Waals surface area contributed by atoms with E-state index in [1.807, 2.05) is 0 Å². The van der Waals surface area contributed by atoms with Crippen molar-refractivity contribution in [3.63, 3.8) is 0 Å². The molecule has 76 valence electrons. The lowest BCUT2D eigenvalue weighted by Crippen LogP contribution is -2.51. The second kappa shape index (κ2) is 3.82. The molecule has 2 aliphatic rings. The Morgan fingerprint density at radius 2 is 2.23 bits per heavy atom. The number of aliphatic hydroxyl groups is 1. The zero-order valence-corrected chi connectivity index (χ0v) is 7.54. The van der Waals surface area contributed by atoms with E-state index in [4.69, 9.17) is 10.6 Å². The third kappa shape index (κ3) is 1.80. The molecule has 0 aliphatic carbocycles. The largest absolute Gasteiger partial charge is 0.481 e. The van der Waals surface area contributed by atoms with E-state index in [1.165, 1.54) is 0 Å². The van der Waals surface area contributed by atoms with Gasteiger partial charge in [0.15, 0.2) is 0 Å². The van der Waals surface area contributed by atoms with E-state index in [0.717, 1.165) is 0 Å². The molecule has 2 fully saturated rings. The molecule has 0 spiro atoms. The normalized spacial score (nSPS) is 54.8. The molecule has 2 bridgehead atoms. The van der Waals surface area contributed by atoms with Gasteiger partial charge in [-0.15, -0.1) is 12.4 Å². The average Bonchev–Trinajstić information content (AvgIpc) is 2.26. The summed E-state index contributed by atoms with van der Waals surface area (Å²) < 4.78 is 30.7. The van der Waals surface area contributed by atoms with Gasteiger partial charge >= 0.3 is 5.97 Å². The van der Waals surface area contributed by atoms with Crippen molar-refractivity contribution in [2.45, 2.75) is 37.4 Å². The predicted octanol–water partition coefficient (Wildman–Crippen LogP) is -0.00580. The lowest BCUT2D eigenvalue weighted by molar-refractivity contribution is -0.148. The van der Waals surface area contributed by atoms with Crippen molar-refractivity contribution < 1.29 is 20.5 Å². The number of fused-ring (bicyclic) bond motifs is 2. The van der Waals surface area contributed by atoms with Gasteiger partial charge in [0, 0.05) is 17.6 Å². The molecule has 2 saturated heterocycles. The van der Waals surface area contributed by atoms with E-state index >= 15 is 0 Å². The second-order valence-electron chi connectivity index (χ2n) is 3.15. The summed E-state index contributed by atoms with van der Waals surface area (Å²) in [5.41, 5.74) is 0. The lowest BCUT2D eigenvalue weighted by Gasteiger charge is -2.31. The van der Waals surface area contributed by atoms with Crippen LogP contribution in [-0.2, 0) is 4.79 Å². The maximum Gasteiger partial charge on any atom is 0.310 e. The van der Waals surface area contributed by atoms with Gasteiger partial charge in [0.2, 0.25) is 0 Å². The van der Waals surface area contributed by atoms with E-state index in [-0.39, 0.29) is 18.8 Å². The van der Waals surface area contributed by atoms with Crippen LogP contribution in [0.3, 0.4) is 0 Å². The minimum Gasteiger partial charge on any atom is -0.481 e. The number of nitrogens with one attached hydrogen (secondary N) is 1. The summed E-state index contributed by atoms with van der Waals surface area (Å²) in [6, 6.07) is -2.02. The van der Waals surface area contributed by atoms with Gasteiger partial charge in [0.05, 0.1) is 12.0 Å². The van der Waals surface area contributed by atoms with Crippen LogP contribution in [0.15, 0.2) is 0 Å². The third-order valence-corrected chi connectivity index (χ3v) is 2.33. The molecule has 0 unspecified atom stereocenters. The summed E-state index contributed by atoms with van der Waals surface area (Å²) in [7, 11) is 0. The van der Waals surface area contributed by atoms with Crippen molar-refractivity contribution in [1.29, 1.82) is 0 Å². The van der Waals surface area contributed by atoms with Gasteiger partial charge in [-0.1, -0.05) is 0 Å². The minimum absolute atomic E-state index is 0.